The molecule has 0 saturated heterocycles. The second-order valence-electron chi connectivity index (χ2n) is 10.2. The molecule has 0 amide bonds. The molecule has 0 spiro atoms. The SMILES string of the molecule is CC(C)C[C@H](NC(c1ccc(-c2ccc(S(C)(=O)=O)cc2)cc1)c1ccc(S(C)(=O)=O)cc1)C(=O)CCC#N. The molecule has 1 unspecified atom stereocenters. The van der Waals surface area contributed by atoms with Gasteiger partial charge in [0.15, 0.2) is 25.5 Å². The first kappa shape index (κ1) is 30.2. The summed E-state index contributed by atoms with van der Waals surface area (Å²) in [4.78, 5) is 13.5. The Kier molecular flexibility index (Phi) is 9.83. The van der Waals surface area contributed by atoms with Crippen LogP contribution in [0.25, 0.3) is 11.1 Å². The fraction of sp³-hybridized carbons (Fsp3) is 0.333. The number of carbonyl (C=O) groups is 1. The number of nitriles is 1. The Bertz CT molecular complexity index is 1540. The third-order valence-corrected chi connectivity index (χ3v) is 8.71. The van der Waals surface area contributed by atoms with E-state index in [1.807, 2.05) is 44.2 Å². The number of carbonyl (C=O) groups excluding carboxylic acids is 1. The molecule has 0 saturated carbocycles. The molecule has 0 fully saturated rings. The highest BCUT2D eigenvalue weighted by Crippen LogP contribution is 2.29. The van der Waals surface area contributed by atoms with E-state index in [0.29, 0.717) is 6.42 Å². The quantitative estimate of drug-likeness (QED) is 0.323. The summed E-state index contributed by atoms with van der Waals surface area (Å²) >= 11 is 0. The molecule has 0 heterocycles. The second-order valence-corrected chi connectivity index (χ2v) is 14.2. The number of benzene rings is 3. The van der Waals surface area contributed by atoms with Crippen LogP contribution in [0.3, 0.4) is 0 Å². The Hall–Kier alpha value is -3.32. The van der Waals surface area contributed by atoms with Crippen LogP contribution in [-0.2, 0) is 24.5 Å². The van der Waals surface area contributed by atoms with Gasteiger partial charge in [-0.05, 0) is 58.9 Å². The predicted molar refractivity (Wildman–Crippen MR) is 153 cm³/mol. The van der Waals surface area contributed by atoms with E-state index in [2.05, 4.69) is 5.32 Å². The Balaban J connectivity index is 2.00. The number of sulfone groups is 2. The van der Waals surface area contributed by atoms with Crippen LogP contribution in [0.2, 0.25) is 0 Å². The highest BCUT2D eigenvalue weighted by molar-refractivity contribution is 7.91. The summed E-state index contributed by atoms with van der Waals surface area (Å²) in [5, 5.41) is 12.5. The third kappa shape index (κ3) is 8.33. The van der Waals surface area contributed by atoms with E-state index < -0.39 is 31.8 Å². The van der Waals surface area contributed by atoms with Crippen molar-refractivity contribution in [1.82, 2.24) is 5.32 Å². The zero-order chi connectivity index (χ0) is 28.8. The molecule has 0 aliphatic heterocycles. The average Bonchev–Trinajstić information content (AvgIpc) is 2.88. The minimum Gasteiger partial charge on any atom is -0.298 e. The summed E-state index contributed by atoms with van der Waals surface area (Å²) < 4.78 is 47.6. The maximum absolute atomic E-state index is 13.0. The molecule has 7 nitrogen and oxygen atoms in total. The van der Waals surface area contributed by atoms with E-state index in [4.69, 9.17) is 5.26 Å². The van der Waals surface area contributed by atoms with Crippen molar-refractivity contribution >= 4 is 25.5 Å². The number of nitrogens with zero attached hydrogens (tertiary/aromatic N) is 1. The van der Waals surface area contributed by atoms with Crippen molar-refractivity contribution in [1.29, 1.82) is 5.26 Å². The minimum absolute atomic E-state index is 0.0365. The van der Waals surface area contributed by atoms with Crippen LogP contribution in [0.4, 0.5) is 0 Å². The summed E-state index contributed by atoms with van der Waals surface area (Å²) in [5.74, 6) is 0.199. The predicted octanol–water partition coefficient (Wildman–Crippen LogP) is 5.13. The Morgan fingerprint density at radius 1 is 0.769 bits per heavy atom. The van der Waals surface area contributed by atoms with Crippen LogP contribution < -0.4 is 5.32 Å². The summed E-state index contributed by atoms with van der Waals surface area (Å²) in [6, 6.07) is 22.2. The van der Waals surface area contributed by atoms with Crippen molar-refractivity contribution in [2.75, 3.05) is 12.5 Å². The van der Waals surface area contributed by atoms with Crippen molar-refractivity contribution in [3.8, 4) is 17.2 Å². The smallest absolute Gasteiger partial charge is 0.175 e. The first-order valence-electron chi connectivity index (χ1n) is 12.7. The Morgan fingerprint density at radius 3 is 1.59 bits per heavy atom. The van der Waals surface area contributed by atoms with Gasteiger partial charge in [0.05, 0.1) is 27.9 Å². The summed E-state index contributed by atoms with van der Waals surface area (Å²) in [5.41, 5.74) is 3.43. The van der Waals surface area contributed by atoms with Crippen LogP contribution >= 0.6 is 0 Å². The van der Waals surface area contributed by atoms with Crippen molar-refractivity contribution in [3.05, 3.63) is 83.9 Å². The number of hydrogen-bond donors (Lipinski definition) is 1. The van der Waals surface area contributed by atoms with Crippen molar-refractivity contribution in [3.63, 3.8) is 0 Å². The summed E-state index contributed by atoms with van der Waals surface area (Å²) in [6.07, 6.45) is 3.22. The monoisotopic (exact) mass is 566 g/mol. The maximum atomic E-state index is 13.0. The van der Waals surface area contributed by atoms with Gasteiger partial charge in [0.25, 0.3) is 0 Å². The normalized spacial score (nSPS) is 13.5. The van der Waals surface area contributed by atoms with E-state index in [1.165, 1.54) is 6.26 Å². The molecule has 0 aliphatic rings. The van der Waals surface area contributed by atoms with E-state index in [0.717, 1.165) is 28.5 Å². The first-order chi connectivity index (χ1) is 18.3. The van der Waals surface area contributed by atoms with E-state index in [9.17, 15) is 21.6 Å². The van der Waals surface area contributed by atoms with Gasteiger partial charge in [-0.1, -0.05) is 62.4 Å². The van der Waals surface area contributed by atoms with Crippen molar-refractivity contribution < 1.29 is 21.6 Å². The second kappa shape index (κ2) is 12.7. The molecule has 1 N–H and O–H groups in total. The van der Waals surface area contributed by atoms with Gasteiger partial charge in [0, 0.05) is 25.4 Å². The van der Waals surface area contributed by atoms with Crippen LogP contribution in [-0.4, -0.2) is 41.2 Å². The molecule has 0 aromatic heterocycles. The van der Waals surface area contributed by atoms with Gasteiger partial charge in [-0.2, -0.15) is 5.26 Å². The highest BCUT2D eigenvalue weighted by atomic mass is 32.2. The molecular formula is C30H34N2O5S2. The van der Waals surface area contributed by atoms with Gasteiger partial charge < -0.3 is 0 Å². The molecular weight excluding hydrogens is 532 g/mol. The molecule has 2 atom stereocenters. The number of hydrogen-bond acceptors (Lipinski definition) is 7. The molecule has 0 radical (unpaired) electrons. The number of rotatable bonds is 12. The van der Waals surface area contributed by atoms with Crippen LogP contribution in [0.15, 0.2) is 82.6 Å². The number of Topliss-reactive ketones (excluding diaryl/α,β-unsaturated/α-hetero) is 1. The van der Waals surface area contributed by atoms with Crippen molar-refractivity contribution in [2.24, 2.45) is 5.92 Å². The molecule has 0 aliphatic carbocycles. The molecule has 0 bridgehead atoms. The lowest BCUT2D eigenvalue weighted by Gasteiger charge is -2.27. The van der Waals surface area contributed by atoms with Crippen LogP contribution in [0, 0.1) is 17.2 Å². The first-order valence-corrected chi connectivity index (χ1v) is 16.4. The Morgan fingerprint density at radius 2 is 1.18 bits per heavy atom. The fourth-order valence-electron chi connectivity index (χ4n) is 4.37. The molecule has 9 heteroatoms. The fourth-order valence-corrected chi connectivity index (χ4v) is 5.63. The van der Waals surface area contributed by atoms with E-state index >= 15 is 0 Å². The topological polar surface area (TPSA) is 121 Å². The third-order valence-electron chi connectivity index (χ3n) is 6.45. The van der Waals surface area contributed by atoms with E-state index in [1.54, 1.807) is 48.5 Å². The molecule has 3 aromatic rings. The lowest BCUT2D eigenvalue weighted by molar-refractivity contribution is -0.121. The highest BCUT2D eigenvalue weighted by Gasteiger charge is 2.25. The zero-order valence-electron chi connectivity index (χ0n) is 22.6. The van der Waals surface area contributed by atoms with Gasteiger partial charge in [-0.25, -0.2) is 16.8 Å². The summed E-state index contributed by atoms with van der Waals surface area (Å²) in [6.45, 7) is 4.07. The van der Waals surface area contributed by atoms with Gasteiger partial charge in [0.1, 0.15) is 0 Å². The van der Waals surface area contributed by atoms with Gasteiger partial charge in [-0.15, -0.1) is 0 Å². The zero-order valence-corrected chi connectivity index (χ0v) is 24.2. The number of nitrogens with one attached hydrogen (secondary N) is 1. The van der Waals surface area contributed by atoms with Gasteiger partial charge in [0.2, 0.25) is 0 Å². The Labute approximate surface area is 231 Å². The van der Waals surface area contributed by atoms with Crippen molar-refractivity contribution in [2.45, 2.75) is 55.0 Å². The van der Waals surface area contributed by atoms with Crippen LogP contribution in [0.1, 0.15) is 50.3 Å². The largest absolute Gasteiger partial charge is 0.298 e. The molecule has 206 valence electrons. The standard InChI is InChI=1S/C30H34N2O5S2/c1-21(2)20-28(29(33)6-5-19-31)32-30(25-13-17-27(18-14-25)39(4,36)37)24-9-7-22(8-10-24)23-11-15-26(16-12-23)38(3,34)35/h7-18,21,28,30,32H,5-6,20H2,1-4H3/t28-,30?/m0/s1. The molecule has 3 rings (SSSR count). The van der Waals surface area contributed by atoms with Gasteiger partial charge in [-0.3, -0.25) is 10.1 Å². The molecule has 39 heavy (non-hydrogen) atoms. The average molecular weight is 567 g/mol. The lowest BCUT2D eigenvalue weighted by Crippen LogP contribution is -2.40. The summed E-state index contributed by atoms with van der Waals surface area (Å²) in [7, 11) is -6.65. The minimum atomic E-state index is -3.36. The maximum Gasteiger partial charge on any atom is 0.175 e. The molecule has 3 aromatic carbocycles. The number of ketones is 1. The van der Waals surface area contributed by atoms with Crippen LogP contribution in [0.5, 0.6) is 0 Å². The lowest BCUT2D eigenvalue weighted by atomic mass is 9.92. The van der Waals surface area contributed by atoms with Gasteiger partial charge >= 0.3 is 0 Å². The van der Waals surface area contributed by atoms with E-state index in [-0.39, 0.29) is 34.3 Å².